The number of amides is 1. The topological polar surface area (TPSA) is 69.4 Å². The van der Waals surface area contributed by atoms with Crippen molar-refractivity contribution in [3.8, 4) is 17.1 Å². The van der Waals surface area contributed by atoms with Gasteiger partial charge in [-0.05, 0) is 50.1 Å². The van der Waals surface area contributed by atoms with Crippen molar-refractivity contribution in [1.29, 1.82) is 0 Å². The van der Waals surface area contributed by atoms with Crippen LogP contribution in [0.4, 0.5) is 0 Å². The van der Waals surface area contributed by atoms with Crippen molar-refractivity contribution in [3.05, 3.63) is 59.4 Å². The highest BCUT2D eigenvalue weighted by molar-refractivity contribution is 6.32. The van der Waals surface area contributed by atoms with Crippen molar-refractivity contribution in [2.75, 3.05) is 19.7 Å². The zero-order valence-corrected chi connectivity index (χ0v) is 18.4. The number of hydrogen-bond acceptors (Lipinski definition) is 4. The zero-order valence-electron chi connectivity index (χ0n) is 17.6. The number of carbonyl (C=O) groups is 2. The van der Waals surface area contributed by atoms with Crippen LogP contribution in [0, 0.1) is 5.92 Å². The van der Waals surface area contributed by atoms with Gasteiger partial charge in [0.2, 0.25) is 0 Å². The molecule has 0 atom stereocenters. The molecule has 3 heterocycles. The second-order valence-corrected chi connectivity index (χ2v) is 8.01. The van der Waals surface area contributed by atoms with Gasteiger partial charge in [0.1, 0.15) is 11.4 Å². The van der Waals surface area contributed by atoms with Crippen molar-refractivity contribution in [2.45, 2.75) is 19.8 Å². The largest absolute Gasteiger partial charge is 0.466 e. The lowest BCUT2D eigenvalue weighted by atomic mass is 9.97. The summed E-state index contributed by atoms with van der Waals surface area (Å²) in [6.45, 7) is 3.17. The number of esters is 1. The summed E-state index contributed by atoms with van der Waals surface area (Å²) in [6.07, 6.45) is 3.12. The molecule has 1 saturated heterocycles. The summed E-state index contributed by atoms with van der Waals surface area (Å²) in [4.78, 5) is 27.3. The molecule has 0 saturated carbocycles. The maximum atomic E-state index is 13.5. The summed E-state index contributed by atoms with van der Waals surface area (Å²) in [5.41, 5.74) is 2.69. The van der Waals surface area contributed by atoms with Crippen LogP contribution in [0.3, 0.4) is 0 Å². The minimum atomic E-state index is -0.179. The number of para-hydroxylation sites is 1. The first-order chi connectivity index (χ1) is 15.0. The fraction of sp³-hybridized carbons (Fsp3) is 0.348. The Morgan fingerprint density at radius 2 is 1.90 bits per heavy atom. The van der Waals surface area contributed by atoms with Gasteiger partial charge in [0.05, 0.1) is 28.9 Å². The third-order valence-electron chi connectivity index (χ3n) is 5.62. The number of hydrogen-bond donors (Lipinski definition) is 0. The lowest BCUT2D eigenvalue weighted by Crippen LogP contribution is -2.41. The summed E-state index contributed by atoms with van der Waals surface area (Å²) >= 11 is 6.43. The molecule has 3 aromatic rings. The molecule has 0 spiro atoms. The number of benzene rings is 1. The van der Waals surface area contributed by atoms with Crippen LogP contribution in [0.5, 0.6) is 0 Å². The lowest BCUT2D eigenvalue weighted by molar-refractivity contribution is -0.149. The van der Waals surface area contributed by atoms with Crippen LogP contribution < -0.4 is 0 Å². The van der Waals surface area contributed by atoms with E-state index >= 15 is 0 Å². The molecule has 0 radical (unpaired) electrons. The molecule has 1 aliphatic heterocycles. The first kappa shape index (κ1) is 21.2. The second kappa shape index (κ2) is 8.98. The first-order valence-corrected chi connectivity index (χ1v) is 10.8. The van der Waals surface area contributed by atoms with E-state index in [1.54, 1.807) is 28.6 Å². The van der Waals surface area contributed by atoms with E-state index in [4.69, 9.17) is 21.4 Å². The fourth-order valence-electron chi connectivity index (χ4n) is 3.93. The maximum absolute atomic E-state index is 13.5. The molecule has 1 amide bonds. The van der Waals surface area contributed by atoms with E-state index in [-0.39, 0.29) is 17.8 Å². The fourth-order valence-corrected chi connectivity index (χ4v) is 4.15. The number of aromatic nitrogens is 3. The van der Waals surface area contributed by atoms with Gasteiger partial charge < -0.3 is 14.2 Å². The van der Waals surface area contributed by atoms with E-state index in [2.05, 4.69) is 0 Å². The SMILES string of the molecule is CCOC(=O)C1CCN(C(=O)c2cc(-c3cccn3C)nn2-c2ccccc2Cl)CC1. The van der Waals surface area contributed by atoms with Gasteiger partial charge in [0.25, 0.3) is 5.91 Å². The quantitative estimate of drug-likeness (QED) is 0.563. The van der Waals surface area contributed by atoms with E-state index in [1.165, 1.54) is 0 Å². The van der Waals surface area contributed by atoms with Crippen LogP contribution in [-0.4, -0.2) is 50.8 Å². The average Bonchev–Trinajstić information content (AvgIpc) is 3.40. The number of nitrogens with zero attached hydrogens (tertiary/aromatic N) is 4. The number of aryl methyl sites for hydroxylation is 1. The first-order valence-electron chi connectivity index (χ1n) is 10.4. The molecular weight excluding hydrogens is 416 g/mol. The molecule has 4 rings (SSSR count). The molecule has 0 bridgehead atoms. The Morgan fingerprint density at radius 1 is 1.16 bits per heavy atom. The molecule has 0 N–H and O–H groups in total. The monoisotopic (exact) mass is 440 g/mol. The highest BCUT2D eigenvalue weighted by Gasteiger charge is 2.31. The number of carbonyl (C=O) groups excluding carboxylic acids is 2. The highest BCUT2D eigenvalue weighted by Crippen LogP contribution is 2.28. The van der Waals surface area contributed by atoms with Crippen molar-refractivity contribution < 1.29 is 14.3 Å². The van der Waals surface area contributed by atoms with Gasteiger partial charge in [-0.2, -0.15) is 5.10 Å². The molecule has 0 unspecified atom stereocenters. The Bertz CT molecular complexity index is 1100. The Morgan fingerprint density at radius 3 is 2.55 bits per heavy atom. The molecule has 1 aromatic carbocycles. The minimum Gasteiger partial charge on any atom is -0.466 e. The lowest BCUT2D eigenvalue weighted by Gasteiger charge is -2.30. The van der Waals surface area contributed by atoms with Crippen LogP contribution in [0.25, 0.3) is 17.1 Å². The van der Waals surface area contributed by atoms with Crippen LogP contribution in [0.1, 0.15) is 30.3 Å². The third kappa shape index (κ3) is 4.23. The van der Waals surface area contributed by atoms with E-state index in [1.807, 2.05) is 48.1 Å². The summed E-state index contributed by atoms with van der Waals surface area (Å²) < 4.78 is 8.71. The molecule has 7 nitrogen and oxygen atoms in total. The summed E-state index contributed by atoms with van der Waals surface area (Å²) in [6, 6.07) is 13.0. The van der Waals surface area contributed by atoms with Crippen molar-refractivity contribution >= 4 is 23.5 Å². The summed E-state index contributed by atoms with van der Waals surface area (Å²) in [5.74, 6) is -0.465. The molecule has 1 aliphatic rings. The molecule has 0 aliphatic carbocycles. The van der Waals surface area contributed by atoms with Crippen LogP contribution >= 0.6 is 11.6 Å². The highest BCUT2D eigenvalue weighted by atomic mass is 35.5. The minimum absolute atomic E-state index is 0.129. The number of ether oxygens (including phenoxy) is 1. The van der Waals surface area contributed by atoms with E-state index in [9.17, 15) is 9.59 Å². The molecule has 162 valence electrons. The Hall–Kier alpha value is -3.06. The van der Waals surface area contributed by atoms with Crippen molar-refractivity contribution in [3.63, 3.8) is 0 Å². The van der Waals surface area contributed by atoms with Crippen molar-refractivity contribution in [1.82, 2.24) is 19.2 Å². The average molecular weight is 441 g/mol. The van der Waals surface area contributed by atoms with Gasteiger partial charge in [-0.15, -0.1) is 0 Å². The van der Waals surface area contributed by atoms with E-state index in [0.717, 1.165) is 5.69 Å². The van der Waals surface area contributed by atoms with Gasteiger partial charge >= 0.3 is 5.97 Å². The maximum Gasteiger partial charge on any atom is 0.309 e. The Kier molecular flexibility index (Phi) is 6.13. The standard InChI is InChI=1S/C23H25ClN4O3/c1-3-31-23(30)16-10-13-27(14-11-16)22(29)21-15-18(20-9-6-12-26(20)2)25-28(21)19-8-5-4-7-17(19)24/h4-9,12,15-16H,3,10-11,13-14H2,1-2H3. The number of halogens is 1. The summed E-state index contributed by atoms with van der Waals surface area (Å²) in [7, 11) is 1.94. The number of piperidine rings is 1. The van der Waals surface area contributed by atoms with Gasteiger partial charge in [-0.1, -0.05) is 23.7 Å². The Balaban J connectivity index is 1.65. The number of likely N-dealkylation sites (tertiary alicyclic amines) is 1. The predicted octanol–water partition coefficient (Wildman–Crippen LogP) is 3.95. The van der Waals surface area contributed by atoms with E-state index in [0.29, 0.717) is 54.6 Å². The van der Waals surface area contributed by atoms with Crippen molar-refractivity contribution in [2.24, 2.45) is 13.0 Å². The van der Waals surface area contributed by atoms with Gasteiger partial charge in [0.15, 0.2) is 0 Å². The van der Waals surface area contributed by atoms with Gasteiger partial charge in [0, 0.05) is 26.3 Å². The second-order valence-electron chi connectivity index (χ2n) is 7.60. The molecular formula is C23H25ClN4O3. The number of rotatable bonds is 5. The van der Waals surface area contributed by atoms with Crippen LogP contribution in [0.2, 0.25) is 5.02 Å². The molecule has 8 heteroatoms. The van der Waals surface area contributed by atoms with Crippen LogP contribution in [-0.2, 0) is 16.6 Å². The smallest absolute Gasteiger partial charge is 0.309 e. The van der Waals surface area contributed by atoms with Crippen LogP contribution in [0.15, 0.2) is 48.7 Å². The third-order valence-corrected chi connectivity index (χ3v) is 5.94. The van der Waals surface area contributed by atoms with Gasteiger partial charge in [-0.3, -0.25) is 9.59 Å². The molecule has 2 aromatic heterocycles. The summed E-state index contributed by atoms with van der Waals surface area (Å²) in [5, 5.41) is 5.23. The van der Waals surface area contributed by atoms with Gasteiger partial charge in [-0.25, -0.2) is 4.68 Å². The predicted molar refractivity (Wildman–Crippen MR) is 118 cm³/mol. The van der Waals surface area contributed by atoms with E-state index < -0.39 is 0 Å². The Labute approximate surface area is 186 Å². The molecule has 31 heavy (non-hydrogen) atoms. The normalized spacial score (nSPS) is 14.6. The zero-order chi connectivity index (χ0) is 22.0. The molecule has 1 fully saturated rings.